The van der Waals surface area contributed by atoms with Gasteiger partial charge in [-0.2, -0.15) is 18.4 Å². The standard InChI is InChI=1S/C38H37F3N10O6S/c1-3-51-33(53)20-44-35-36(51)48-31(19-43-35)28-13-14-30(46-23(28)2)34-45-22-50(49-34)15-5-4-6-16-57-26-9-11-27(12-10-26)58(55,56)21-32(52)37(54)47-25-8-7-24(18-42)29(17-25)38(39,40)41/h7-14,17,19,22,32,52H,3-6,15-16,20-21H2,1-2H3,(H,43,44)(H,47,54)/t32-/m0/s1. The Morgan fingerprint density at radius 3 is 2.55 bits per heavy atom. The van der Waals surface area contributed by atoms with Gasteiger partial charge in [-0.25, -0.2) is 28.4 Å². The molecule has 3 N–H and O–H groups in total. The number of aryl methyl sites for hydroxylation is 2. The second-order valence-corrected chi connectivity index (χ2v) is 15.2. The number of aromatic nitrogens is 6. The number of carbonyl (C=O) groups is 2. The van der Waals surface area contributed by atoms with Gasteiger partial charge in [-0.15, -0.1) is 5.10 Å². The molecule has 58 heavy (non-hydrogen) atoms. The molecule has 302 valence electrons. The molecule has 2 aromatic carbocycles. The van der Waals surface area contributed by atoms with Crippen molar-refractivity contribution in [2.75, 3.05) is 41.0 Å². The molecule has 0 unspecified atom stereocenters. The molecule has 0 spiro atoms. The molecule has 0 fully saturated rings. The number of pyridine rings is 1. The van der Waals surface area contributed by atoms with Crippen LogP contribution < -0.4 is 20.3 Å². The zero-order valence-electron chi connectivity index (χ0n) is 31.2. The van der Waals surface area contributed by atoms with E-state index in [4.69, 9.17) is 20.0 Å². The summed E-state index contributed by atoms with van der Waals surface area (Å²) in [5.74, 6) is -0.415. The summed E-state index contributed by atoms with van der Waals surface area (Å²) in [7, 11) is -4.18. The molecule has 16 nitrogen and oxygen atoms in total. The average Bonchev–Trinajstić information content (AvgIpc) is 3.67. The lowest BCUT2D eigenvalue weighted by Crippen LogP contribution is -2.40. The Morgan fingerprint density at radius 2 is 1.84 bits per heavy atom. The third-order valence-corrected chi connectivity index (χ3v) is 10.8. The number of benzene rings is 2. The van der Waals surface area contributed by atoms with Crippen LogP contribution in [0.2, 0.25) is 0 Å². The van der Waals surface area contributed by atoms with E-state index in [2.05, 4.69) is 25.7 Å². The number of unbranched alkanes of at least 4 members (excludes halogenated alkanes) is 2. The maximum atomic E-state index is 13.3. The normalized spacial score (nSPS) is 13.3. The van der Waals surface area contributed by atoms with Crippen LogP contribution in [0, 0.1) is 18.3 Å². The number of aliphatic hydroxyl groups is 1. The van der Waals surface area contributed by atoms with Gasteiger partial charge in [0.2, 0.25) is 5.91 Å². The third-order valence-electron chi connectivity index (χ3n) is 9.04. The summed E-state index contributed by atoms with van der Waals surface area (Å²) in [4.78, 5) is 44.4. The second-order valence-electron chi connectivity index (χ2n) is 13.1. The molecule has 1 aliphatic rings. The minimum atomic E-state index is -4.87. The van der Waals surface area contributed by atoms with Crippen molar-refractivity contribution in [2.24, 2.45) is 0 Å². The van der Waals surface area contributed by atoms with Gasteiger partial charge in [0.15, 0.2) is 27.3 Å². The molecule has 1 atom stereocenters. The fourth-order valence-electron chi connectivity index (χ4n) is 6.04. The van der Waals surface area contributed by atoms with Crippen LogP contribution in [-0.4, -0.2) is 86.6 Å². The molecular weight excluding hydrogens is 782 g/mol. The Labute approximate surface area is 330 Å². The summed E-state index contributed by atoms with van der Waals surface area (Å²) in [5.41, 5.74) is 0.353. The molecule has 5 aromatic rings. The van der Waals surface area contributed by atoms with E-state index in [0.29, 0.717) is 72.5 Å². The van der Waals surface area contributed by atoms with Gasteiger partial charge in [-0.05, 0) is 87.7 Å². The van der Waals surface area contributed by atoms with Crippen LogP contribution in [0.25, 0.3) is 22.8 Å². The number of amides is 2. The molecule has 3 aromatic heterocycles. The van der Waals surface area contributed by atoms with Crippen molar-refractivity contribution >= 4 is 39.0 Å². The SMILES string of the molecule is CCN1C(=O)CNc2ncc(-c3ccc(-c4ncn(CCCCCOc5ccc(S(=O)(=O)C[C@H](O)C(=O)Nc6ccc(C#N)c(C(F)(F)F)c6)cc5)n4)nc3C)nc21. The van der Waals surface area contributed by atoms with Crippen molar-refractivity contribution < 1.29 is 41.0 Å². The van der Waals surface area contributed by atoms with Crippen LogP contribution in [0.15, 0.2) is 72.0 Å². The molecule has 0 bridgehead atoms. The van der Waals surface area contributed by atoms with Crippen molar-refractivity contribution in [2.45, 2.75) is 56.8 Å². The molecular formula is C38H37F3N10O6S. The topological polar surface area (TPSA) is 218 Å². The van der Waals surface area contributed by atoms with Crippen LogP contribution in [0.3, 0.4) is 0 Å². The number of sulfone groups is 1. The van der Waals surface area contributed by atoms with E-state index >= 15 is 0 Å². The first kappa shape index (κ1) is 41.2. The number of nitrogens with zero attached hydrogens (tertiary/aromatic N) is 8. The smallest absolute Gasteiger partial charge is 0.417 e. The zero-order valence-corrected chi connectivity index (χ0v) is 32.0. The van der Waals surface area contributed by atoms with Crippen LogP contribution in [0.1, 0.15) is 43.0 Å². The number of nitriles is 1. The van der Waals surface area contributed by atoms with E-state index in [0.717, 1.165) is 30.5 Å². The number of hydrogen-bond acceptors (Lipinski definition) is 13. The highest BCUT2D eigenvalue weighted by atomic mass is 32.2. The Kier molecular flexibility index (Phi) is 12.3. The Bertz CT molecular complexity index is 2470. The predicted octanol–water partition coefficient (Wildman–Crippen LogP) is 4.80. The first-order valence-corrected chi connectivity index (χ1v) is 19.7. The largest absolute Gasteiger partial charge is 0.494 e. The molecule has 0 saturated heterocycles. The van der Waals surface area contributed by atoms with Crippen molar-refractivity contribution in [1.29, 1.82) is 5.26 Å². The third kappa shape index (κ3) is 9.55. The summed E-state index contributed by atoms with van der Waals surface area (Å²) < 4.78 is 72.9. The van der Waals surface area contributed by atoms with Crippen LogP contribution in [0.4, 0.5) is 30.5 Å². The minimum Gasteiger partial charge on any atom is -0.494 e. The van der Waals surface area contributed by atoms with Gasteiger partial charge in [0.05, 0.1) is 52.9 Å². The quantitative estimate of drug-likeness (QED) is 0.121. The van der Waals surface area contributed by atoms with Crippen LogP contribution in [0.5, 0.6) is 5.75 Å². The Hall–Kier alpha value is -6.46. The number of hydrogen-bond donors (Lipinski definition) is 3. The van der Waals surface area contributed by atoms with Gasteiger partial charge in [0.1, 0.15) is 23.9 Å². The van der Waals surface area contributed by atoms with E-state index < -0.39 is 44.9 Å². The van der Waals surface area contributed by atoms with Gasteiger partial charge in [-0.3, -0.25) is 19.2 Å². The second kappa shape index (κ2) is 17.4. The van der Waals surface area contributed by atoms with Gasteiger partial charge in [0, 0.05) is 30.0 Å². The van der Waals surface area contributed by atoms with Crippen molar-refractivity contribution in [3.05, 3.63) is 83.9 Å². The summed E-state index contributed by atoms with van der Waals surface area (Å²) in [5, 5.41) is 28.8. The van der Waals surface area contributed by atoms with Gasteiger partial charge < -0.3 is 20.5 Å². The fraction of sp³-hybridized carbons (Fsp3) is 0.316. The average molecular weight is 819 g/mol. The van der Waals surface area contributed by atoms with E-state index in [-0.39, 0.29) is 23.0 Å². The highest BCUT2D eigenvalue weighted by Crippen LogP contribution is 2.34. The van der Waals surface area contributed by atoms with Crippen molar-refractivity contribution in [1.82, 2.24) is 29.7 Å². The van der Waals surface area contributed by atoms with Crippen molar-refractivity contribution in [3.63, 3.8) is 0 Å². The maximum Gasteiger partial charge on any atom is 0.417 e. The Balaban J connectivity index is 0.937. The number of rotatable bonds is 15. The number of halogens is 3. The molecule has 1 aliphatic heterocycles. The number of likely N-dealkylation sites (N-methyl/N-ethyl adjacent to an activating group) is 1. The van der Waals surface area contributed by atoms with Crippen LogP contribution in [-0.2, 0) is 32.1 Å². The molecule has 20 heteroatoms. The molecule has 0 radical (unpaired) electrons. The lowest BCUT2D eigenvalue weighted by Gasteiger charge is -2.27. The summed E-state index contributed by atoms with van der Waals surface area (Å²) >= 11 is 0. The number of anilines is 3. The van der Waals surface area contributed by atoms with E-state index in [9.17, 15) is 36.3 Å². The number of fused-ring (bicyclic) bond motifs is 1. The number of alkyl halides is 3. The summed E-state index contributed by atoms with van der Waals surface area (Å²) in [6, 6.07) is 12.9. The first-order valence-electron chi connectivity index (χ1n) is 18.0. The van der Waals surface area contributed by atoms with Crippen LogP contribution >= 0.6 is 0 Å². The summed E-state index contributed by atoms with van der Waals surface area (Å²) in [6.45, 7) is 5.35. The van der Waals surface area contributed by atoms with Gasteiger partial charge in [0.25, 0.3) is 5.91 Å². The van der Waals surface area contributed by atoms with E-state index in [1.165, 1.54) is 30.3 Å². The van der Waals surface area contributed by atoms with Crippen molar-refractivity contribution in [3.8, 4) is 34.6 Å². The van der Waals surface area contributed by atoms with E-state index in [1.807, 2.05) is 26.0 Å². The molecule has 6 rings (SSSR count). The number of carbonyl (C=O) groups excluding carboxylic acids is 2. The molecule has 2 amide bonds. The van der Waals surface area contributed by atoms with Gasteiger partial charge >= 0.3 is 6.18 Å². The van der Waals surface area contributed by atoms with E-state index in [1.54, 1.807) is 22.1 Å². The first-order chi connectivity index (χ1) is 27.7. The zero-order chi connectivity index (χ0) is 41.6. The van der Waals surface area contributed by atoms with Gasteiger partial charge in [-0.1, -0.05) is 0 Å². The maximum absolute atomic E-state index is 13.3. The Morgan fingerprint density at radius 1 is 1.07 bits per heavy atom. The summed E-state index contributed by atoms with van der Waals surface area (Å²) in [6.07, 6.45) is -1.40. The highest BCUT2D eigenvalue weighted by Gasteiger charge is 2.34. The lowest BCUT2D eigenvalue weighted by molar-refractivity contribution is -0.137. The predicted molar refractivity (Wildman–Crippen MR) is 204 cm³/mol. The molecule has 4 heterocycles. The number of ether oxygens (including phenoxy) is 1. The molecule has 0 aliphatic carbocycles. The number of aliphatic hydroxyl groups excluding tert-OH is 1. The molecule has 0 saturated carbocycles. The fourth-order valence-corrected chi connectivity index (χ4v) is 7.35. The minimum absolute atomic E-state index is 0.0741. The monoisotopic (exact) mass is 818 g/mol. The lowest BCUT2D eigenvalue weighted by atomic mass is 10.1. The number of nitrogens with one attached hydrogen (secondary N) is 2. The highest BCUT2D eigenvalue weighted by molar-refractivity contribution is 7.91.